The first-order valence-corrected chi connectivity index (χ1v) is 7.43. The Bertz CT molecular complexity index is 485. The van der Waals surface area contributed by atoms with Crippen molar-refractivity contribution in [2.45, 2.75) is 31.4 Å². The summed E-state index contributed by atoms with van der Waals surface area (Å²) in [5.41, 5.74) is 0.550. The van der Waals surface area contributed by atoms with Crippen LogP contribution in [-0.2, 0) is 19.1 Å². The molecule has 0 radical (unpaired) electrons. The van der Waals surface area contributed by atoms with Gasteiger partial charge in [-0.3, -0.25) is 4.79 Å². The Morgan fingerprint density at radius 1 is 1.27 bits per heavy atom. The summed E-state index contributed by atoms with van der Waals surface area (Å²) in [4.78, 5) is 23.2. The van der Waals surface area contributed by atoms with Crippen LogP contribution in [0.2, 0.25) is 0 Å². The van der Waals surface area contributed by atoms with Crippen molar-refractivity contribution in [2.24, 2.45) is 0 Å². The molecule has 6 nitrogen and oxygen atoms in total. The molecule has 1 amide bonds. The Kier molecular flexibility index (Phi) is 6.36. The van der Waals surface area contributed by atoms with Crippen molar-refractivity contribution < 1.29 is 24.2 Å². The third-order valence-electron chi connectivity index (χ3n) is 3.54. The molecule has 2 N–H and O–H groups in total. The highest BCUT2D eigenvalue weighted by Gasteiger charge is 2.22. The van der Waals surface area contributed by atoms with Gasteiger partial charge in [0.05, 0.1) is 19.1 Å². The number of carboxylic acids is 1. The van der Waals surface area contributed by atoms with Gasteiger partial charge in [0.1, 0.15) is 0 Å². The van der Waals surface area contributed by atoms with E-state index in [0.717, 1.165) is 12.8 Å². The fraction of sp³-hybridized carbons (Fsp3) is 0.500. The van der Waals surface area contributed by atoms with Gasteiger partial charge in [-0.1, -0.05) is 30.3 Å². The molecule has 0 unspecified atom stereocenters. The molecule has 0 saturated carbocycles. The van der Waals surface area contributed by atoms with Crippen molar-refractivity contribution in [3.8, 4) is 0 Å². The van der Waals surface area contributed by atoms with Gasteiger partial charge in [-0.25, -0.2) is 4.79 Å². The zero-order valence-corrected chi connectivity index (χ0v) is 12.4. The molecule has 1 aliphatic heterocycles. The van der Waals surface area contributed by atoms with E-state index in [9.17, 15) is 14.7 Å². The number of carboxylic acid groups (broad SMARTS) is 1. The van der Waals surface area contributed by atoms with E-state index in [1.165, 1.54) is 0 Å². The molecule has 1 aromatic rings. The fourth-order valence-electron chi connectivity index (χ4n) is 2.33. The van der Waals surface area contributed by atoms with Crippen LogP contribution in [-0.4, -0.2) is 42.9 Å². The van der Waals surface area contributed by atoms with Crippen molar-refractivity contribution in [2.75, 3.05) is 19.8 Å². The summed E-state index contributed by atoms with van der Waals surface area (Å²) in [5, 5.41) is 11.8. The minimum absolute atomic E-state index is 0.131. The summed E-state index contributed by atoms with van der Waals surface area (Å²) in [6.45, 7) is 1.66. The van der Waals surface area contributed by atoms with Gasteiger partial charge in [0.15, 0.2) is 6.04 Å². The van der Waals surface area contributed by atoms with Crippen LogP contribution < -0.4 is 5.32 Å². The molecule has 1 atom stereocenters. The third kappa shape index (κ3) is 5.13. The molecule has 1 aromatic carbocycles. The zero-order valence-electron chi connectivity index (χ0n) is 12.4. The van der Waals surface area contributed by atoms with E-state index in [2.05, 4.69) is 5.32 Å². The minimum atomic E-state index is -1.08. The summed E-state index contributed by atoms with van der Waals surface area (Å²) in [6.07, 6.45) is 1.95. The van der Waals surface area contributed by atoms with Crippen LogP contribution in [0.15, 0.2) is 30.3 Å². The molecule has 22 heavy (non-hydrogen) atoms. The van der Waals surface area contributed by atoms with Gasteiger partial charge in [-0.15, -0.1) is 0 Å². The Hall–Kier alpha value is -1.92. The number of ether oxygens (including phenoxy) is 2. The molecule has 1 heterocycles. The second kappa shape index (κ2) is 8.51. The monoisotopic (exact) mass is 307 g/mol. The van der Waals surface area contributed by atoms with E-state index in [1.807, 2.05) is 0 Å². The number of aliphatic carboxylic acids is 1. The van der Waals surface area contributed by atoms with Crippen molar-refractivity contribution >= 4 is 11.9 Å². The number of carbonyl (C=O) groups is 2. The average molecular weight is 307 g/mol. The number of benzene rings is 1. The summed E-state index contributed by atoms with van der Waals surface area (Å²) < 4.78 is 10.8. The lowest BCUT2D eigenvalue weighted by molar-refractivity contribution is -0.142. The smallest absolute Gasteiger partial charge is 0.330 e. The predicted octanol–water partition coefficient (Wildman–Crippen LogP) is 1.51. The van der Waals surface area contributed by atoms with Gasteiger partial charge in [-0.05, 0) is 18.4 Å². The number of carbonyl (C=O) groups excluding carboxylic acids is 1. The van der Waals surface area contributed by atoms with E-state index in [1.54, 1.807) is 30.3 Å². The van der Waals surface area contributed by atoms with E-state index < -0.39 is 12.0 Å². The number of hydrogen-bond donors (Lipinski definition) is 2. The highest BCUT2D eigenvalue weighted by Crippen LogP contribution is 2.13. The second-order valence-corrected chi connectivity index (χ2v) is 5.18. The molecule has 0 bridgehead atoms. The van der Waals surface area contributed by atoms with Crippen LogP contribution in [0.25, 0.3) is 0 Å². The first-order chi connectivity index (χ1) is 10.7. The summed E-state index contributed by atoms with van der Waals surface area (Å²) in [6, 6.07) is 7.61. The highest BCUT2D eigenvalue weighted by atomic mass is 16.5. The van der Waals surface area contributed by atoms with E-state index >= 15 is 0 Å². The predicted molar refractivity (Wildman–Crippen MR) is 79.4 cm³/mol. The number of nitrogens with one attached hydrogen (secondary N) is 1. The van der Waals surface area contributed by atoms with Crippen LogP contribution in [0.3, 0.4) is 0 Å². The Morgan fingerprint density at radius 3 is 2.59 bits per heavy atom. The van der Waals surface area contributed by atoms with Crippen molar-refractivity contribution in [1.29, 1.82) is 0 Å². The molecule has 0 aliphatic carbocycles. The first-order valence-electron chi connectivity index (χ1n) is 7.43. The highest BCUT2D eigenvalue weighted by molar-refractivity contribution is 5.84. The quantitative estimate of drug-likeness (QED) is 0.797. The topological polar surface area (TPSA) is 84.9 Å². The number of rotatable bonds is 7. The van der Waals surface area contributed by atoms with E-state index in [-0.39, 0.29) is 25.0 Å². The average Bonchev–Trinajstić information content (AvgIpc) is 2.54. The Labute approximate surface area is 129 Å². The van der Waals surface area contributed by atoms with Gasteiger partial charge in [0.25, 0.3) is 0 Å². The molecule has 1 fully saturated rings. The van der Waals surface area contributed by atoms with Crippen LogP contribution in [0, 0.1) is 0 Å². The zero-order chi connectivity index (χ0) is 15.8. The molecule has 2 rings (SSSR count). The van der Waals surface area contributed by atoms with Crippen LogP contribution >= 0.6 is 0 Å². The lowest BCUT2D eigenvalue weighted by Gasteiger charge is -2.22. The van der Waals surface area contributed by atoms with Gasteiger partial charge < -0.3 is 19.9 Å². The first kappa shape index (κ1) is 16.5. The summed E-state index contributed by atoms with van der Waals surface area (Å²) in [7, 11) is 0. The molecule has 0 aromatic heterocycles. The van der Waals surface area contributed by atoms with Crippen molar-refractivity contribution in [3.63, 3.8) is 0 Å². The molecular weight excluding hydrogens is 286 g/mol. The summed E-state index contributed by atoms with van der Waals surface area (Å²) in [5.74, 6) is -1.41. The van der Waals surface area contributed by atoms with Crippen molar-refractivity contribution in [1.82, 2.24) is 5.32 Å². The second-order valence-electron chi connectivity index (χ2n) is 5.18. The van der Waals surface area contributed by atoms with Crippen molar-refractivity contribution in [3.05, 3.63) is 35.9 Å². The summed E-state index contributed by atoms with van der Waals surface area (Å²) >= 11 is 0. The van der Waals surface area contributed by atoms with E-state index in [4.69, 9.17) is 9.47 Å². The van der Waals surface area contributed by atoms with Gasteiger partial charge >= 0.3 is 5.97 Å². The Balaban J connectivity index is 1.77. The van der Waals surface area contributed by atoms with Gasteiger partial charge in [-0.2, -0.15) is 0 Å². The van der Waals surface area contributed by atoms with E-state index in [0.29, 0.717) is 18.8 Å². The van der Waals surface area contributed by atoms with Crippen LogP contribution in [0.5, 0.6) is 0 Å². The Morgan fingerprint density at radius 2 is 1.95 bits per heavy atom. The maximum Gasteiger partial charge on any atom is 0.330 e. The molecule has 6 heteroatoms. The molecule has 120 valence electrons. The minimum Gasteiger partial charge on any atom is -0.479 e. The largest absolute Gasteiger partial charge is 0.479 e. The molecule has 1 aliphatic rings. The normalized spacial score (nSPS) is 16.9. The fourth-order valence-corrected chi connectivity index (χ4v) is 2.33. The number of amides is 1. The molecule has 1 saturated heterocycles. The van der Waals surface area contributed by atoms with Gasteiger partial charge in [0.2, 0.25) is 5.91 Å². The molecular formula is C16H21NO5. The SMILES string of the molecule is O=C(CCOC1CCOCC1)N[C@H](C(=O)O)c1ccccc1. The number of hydrogen-bond acceptors (Lipinski definition) is 4. The van der Waals surface area contributed by atoms with Crippen LogP contribution in [0.1, 0.15) is 30.9 Å². The maximum atomic E-state index is 11.9. The van der Waals surface area contributed by atoms with Gasteiger partial charge in [0, 0.05) is 13.2 Å². The lowest BCUT2D eigenvalue weighted by Crippen LogP contribution is -2.34. The maximum absolute atomic E-state index is 11.9. The third-order valence-corrected chi connectivity index (χ3v) is 3.54. The van der Waals surface area contributed by atoms with Crippen LogP contribution in [0.4, 0.5) is 0 Å². The molecule has 0 spiro atoms. The lowest BCUT2D eigenvalue weighted by atomic mass is 10.1. The standard InChI is InChI=1S/C16H21NO5/c18-14(8-11-22-13-6-9-21-10-7-13)17-15(16(19)20)12-4-2-1-3-5-12/h1-5,13,15H,6-11H2,(H,17,18)(H,19,20)/t15-/m0/s1.